The van der Waals surface area contributed by atoms with Crippen LogP contribution in [0.5, 0.6) is 0 Å². The number of benzene rings is 2. The Kier molecular flexibility index (Phi) is 5.50. The molecule has 2 aromatic carbocycles. The highest BCUT2D eigenvalue weighted by atomic mass is 32.2. The van der Waals surface area contributed by atoms with Gasteiger partial charge < -0.3 is 4.90 Å². The van der Waals surface area contributed by atoms with Gasteiger partial charge in [0.1, 0.15) is 0 Å². The molecule has 1 aliphatic rings. The molecule has 0 N–H and O–H groups in total. The number of amides is 1. The third-order valence-electron chi connectivity index (χ3n) is 4.78. The van der Waals surface area contributed by atoms with Crippen LogP contribution in [-0.4, -0.2) is 22.2 Å². The van der Waals surface area contributed by atoms with Crippen LogP contribution < -0.4 is 0 Å². The van der Waals surface area contributed by atoms with Crippen LogP contribution in [0, 0.1) is 5.92 Å². The normalized spacial score (nSPS) is 14.9. The Labute approximate surface area is 155 Å². The van der Waals surface area contributed by atoms with Gasteiger partial charge in [0.05, 0.1) is 0 Å². The monoisotopic (exact) mass is 354 g/mol. The van der Waals surface area contributed by atoms with E-state index in [-0.39, 0.29) is 11.8 Å². The lowest BCUT2D eigenvalue weighted by Crippen LogP contribution is -2.29. The summed E-state index contributed by atoms with van der Waals surface area (Å²) in [4.78, 5) is 15.4. The van der Waals surface area contributed by atoms with E-state index in [0.717, 1.165) is 13.1 Å². The van der Waals surface area contributed by atoms with Gasteiger partial charge in [-0.3, -0.25) is 4.79 Å². The number of nitrogens with zero attached hydrogens (tertiary/aromatic N) is 2. The zero-order valence-electron chi connectivity index (χ0n) is 15.4. The molecule has 0 aromatic heterocycles. The maximum Gasteiger partial charge on any atom is 0.225 e. The van der Waals surface area contributed by atoms with Gasteiger partial charge in [0, 0.05) is 29.9 Å². The van der Waals surface area contributed by atoms with Crippen molar-refractivity contribution in [2.75, 3.05) is 7.05 Å². The molecule has 0 radical (unpaired) electrons. The summed E-state index contributed by atoms with van der Waals surface area (Å²) in [6.07, 6.45) is 0. The van der Waals surface area contributed by atoms with Crippen molar-refractivity contribution in [3.63, 3.8) is 0 Å². The van der Waals surface area contributed by atoms with Gasteiger partial charge in [0.25, 0.3) is 0 Å². The predicted molar refractivity (Wildman–Crippen MR) is 104 cm³/mol. The van der Waals surface area contributed by atoms with Crippen LogP contribution in [0.25, 0.3) is 0 Å². The Morgan fingerprint density at radius 2 is 1.72 bits per heavy atom. The molecule has 2 aromatic rings. The van der Waals surface area contributed by atoms with E-state index in [1.807, 2.05) is 24.8 Å². The molecule has 0 spiro atoms. The Morgan fingerprint density at radius 1 is 1.04 bits per heavy atom. The maximum atomic E-state index is 12.2. The Morgan fingerprint density at radius 3 is 2.40 bits per heavy atom. The SMILES string of the molecule is CC(C)C(=O)N1Cc2ccc(SN(C)[C@@H](C)c3ccccc3)cc2C1. The topological polar surface area (TPSA) is 23.6 Å². The molecule has 0 fully saturated rings. The first-order valence-corrected chi connectivity index (χ1v) is 9.59. The van der Waals surface area contributed by atoms with Crippen LogP contribution in [0.1, 0.15) is 43.5 Å². The fourth-order valence-electron chi connectivity index (χ4n) is 3.14. The third-order valence-corrected chi connectivity index (χ3v) is 5.85. The molecule has 3 nitrogen and oxygen atoms in total. The number of fused-ring (bicyclic) bond motifs is 1. The quantitative estimate of drug-likeness (QED) is 0.715. The van der Waals surface area contributed by atoms with Crippen LogP contribution in [0.4, 0.5) is 0 Å². The zero-order valence-corrected chi connectivity index (χ0v) is 16.2. The van der Waals surface area contributed by atoms with Crippen LogP contribution in [0.2, 0.25) is 0 Å². The highest BCUT2D eigenvalue weighted by Crippen LogP contribution is 2.33. The van der Waals surface area contributed by atoms with E-state index < -0.39 is 0 Å². The van der Waals surface area contributed by atoms with Gasteiger partial charge in [0.15, 0.2) is 0 Å². The smallest absolute Gasteiger partial charge is 0.225 e. The van der Waals surface area contributed by atoms with Gasteiger partial charge in [-0.05, 0) is 54.7 Å². The van der Waals surface area contributed by atoms with Gasteiger partial charge >= 0.3 is 0 Å². The summed E-state index contributed by atoms with van der Waals surface area (Å²) >= 11 is 1.76. The molecular weight excluding hydrogens is 328 g/mol. The second-order valence-corrected chi connectivity index (χ2v) is 8.23. The lowest BCUT2D eigenvalue weighted by molar-refractivity contribution is -0.135. The lowest BCUT2D eigenvalue weighted by Gasteiger charge is -2.24. The van der Waals surface area contributed by atoms with Gasteiger partial charge in [-0.2, -0.15) is 0 Å². The van der Waals surface area contributed by atoms with Crippen molar-refractivity contribution in [1.29, 1.82) is 0 Å². The van der Waals surface area contributed by atoms with E-state index in [2.05, 4.69) is 60.7 Å². The number of rotatable bonds is 5. The van der Waals surface area contributed by atoms with E-state index in [1.165, 1.54) is 21.6 Å². The highest BCUT2D eigenvalue weighted by molar-refractivity contribution is 7.97. The standard InChI is InChI=1S/C21H26N2OS/c1-15(2)21(24)23-13-18-10-11-20(12-19(18)14-23)25-22(4)16(3)17-8-6-5-7-9-17/h5-12,15-16H,13-14H2,1-4H3/t16-/m0/s1. The van der Waals surface area contributed by atoms with Crippen LogP contribution in [0.3, 0.4) is 0 Å². The van der Waals surface area contributed by atoms with Gasteiger partial charge in [0.2, 0.25) is 5.91 Å². The summed E-state index contributed by atoms with van der Waals surface area (Å²) in [6, 6.07) is 17.5. The number of carbonyl (C=O) groups excluding carboxylic acids is 1. The van der Waals surface area contributed by atoms with Crippen molar-refractivity contribution in [3.8, 4) is 0 Å². The molecule has 132 valence electrons. The summed E-state index contributed by atoms with van der Waals surface area (Å²) in [5.74, 6) is 0.293. The van der Waals surface area contributed by atoms with Crippen LogP contribution in [-0.2, 0) is 17.9 Å². The minimum absolute atomic E-state index is 0.0565. The summed E-state index contributed by atoms with van der Waals surface area (Å²) in [5.41, 5.74) is 3.87. The van der Waals surface area contributed by atoms with E-state index in [1.54, 1.807) is 11.9 Å². The number of carbonyl (C=O) groups is 1. The fraction of sp³-hybridized carbons (Fsp3) is 0.381. The van der Waals surface area contributed by atoms with E-state index in [9.17, 15) is 4.79 Å². The average molecular weight is 355 g/mol. The number of hydrogen-bond donors (Lipinski definition) is 0. The molecule has 0 saturated carbocycles. The molecule has 25 heavy (non-hydrogen) atoms. The van der Waals surface area contributed by atoms with Crippen molar-refractivity contribution < 1.29 is 4.79 Å². The second kappa shape index (κ2) is 7.63. The first-order chi connectivity index (χ1) is 12.0. The first kappa shape index (κ1) is 18.0. The maximum absolute atomic E-state index is 12.2. The van der Waals surface area contributed by atoms with Crippen molar-refractivity contribution >= 4 is 17.9 Å². The molecule has 0 aliphatic carbocycles. The van der Waals surface area contributed by atoms with Crippen molar-refractivity contribution in [1.82, 2.24) is 9.21 Å². The zero-order chi connectivity index (χ0) is 18.0. The second-order valence-electron chi connectivity index (χ2n) is 7.00. The molecule has 3 rings (SSSR count). The Hall–Kier alpha value is -1.78. The summed E-state index contributed by atoms with van der Waals surface area (Å²) < 4.78 is 2.28. The summed E-state index contributed by atoms with van der Waals surface area (Å²) in [7, 11) is 2.13. The molecule has 0 unspecified atom stereocenters. The van der Waals surface area contributed by atoms with Gasteiger partial charge in [-0.25, -0.2) is 4.31 Å². The highest BCUT2D eigenvalue weighted by Gasteiger charge is 2.25. The molecule has 0 bridgehead atoms. The molecule has 0 saturated heterocycles. The average Bonchev–Trinajstić information content (AvgIpc) is 3.04. The number of hydrogen-bond acceptors (Lipinski definition) is 3. The minimum Gasteiger partial charge on any atom is -0.334 e. The van der Waals surface area contributed by atoms with Crippen molar-refractivity contribution in [3.05, 3.63) is 65.2 Å². The van der Waals surface area contributed by atoms with Crippen LogP contribution in [0.15, 0.2) is 53.4 Å². The van der Waals surface area contributed by atoms with Crippen molar-refractivity contribution in [2.24, 2.45) is 5.92 Å². The van der Waals surface area contributed by atoms with Gasteiger partial charge in [-0.15, -0.1) is 0 Å². The Bertz CT molecular complexity index is 745. The Balaban J connectivity index is 1.68. The molecule has 1 amide bonds. The van der Waals surface area contributed by atoms with E-state index in [4.69, 9.17) is 0 Å². The van der Waals surface area contributed by atoms with E-state index >= 15 is 0 Å². The van der Waals surface area contributed by atoms with Gasteiger partial charge in [-0.1, -0.05) is 50.2 Å². The molecule has 4 heteroatoms. The summed E-state index contributed by atoms with van der Waals surface area (Å²) in [5, 5.41) is 0. The lowest BCUT2D eigenvalue weighted by atomic mass is 10.1. The molecule has 1 aliphatic heterocycles. The fourth-order valence-corrected chi connectivity index (χ4v) is 4.07. The van der Waals surface area contributed by atoms with Crippen LogP contribution >= 0.6 is 11.9 Å². The first-order valence-electron chi connectivity index (χ1n) is 8.82. The third kappa shape index (κ3) is 4.07. The largest absolute Gasteiger partial charge is 0.334 e. The molecule has 1 atom stereocenters. The molecular formula is C21H26N2OS. The predicted octanol–water partition coefficient (Wildman–Crippen LogP) is 4.88. The minimum atomic E-state index is 0.0565. The van der Waals surface area contributed by atoms with E-state index in [0.29, 0.717) is 6.04 Å². The summed E-state index contributed by atoms with van der Waals surface area (Å²) in [6.45, 7) is 7.63. The molecule has 1 heterocycles. The van der Waals surface area contributed by atoms with Crippen molar-refractivity contribution in [2.45, 2.75) is 44.8 Å².